The summed E-state index contributed by atoms with van der Waals surface area (Å²) in [6, 6.07) is 6.07. The van der Waals surface area contributed by atoms with Crippen molar-refractivity contribution < 1.29 is 0 Å². The van der Waals surface area contributed by atoms with Crippen molar-refractivity contribution in [1.82, 2.24) is 15.0 Å². The number of hydrogen-bond donors (Lipinski definition) is 4. The zero-order chi connectivity index (χ0) is 12.9. The number of benzene rings is 1. The van der Waals surface area contributed by atoms with Gasteiger partial charge in [-0.15, -0.1) is 0 Å². The Hall–Kier alpha value is -2.43. The first-order valence-electron chi connectivity index (χ1n) is 5.76. The summed E-state index contributed by atoms with van der Waals surface area (Å²) in [4.78, 5) is 10.6. The van der Waals surface area contributed by atoms with Crippen LogP contribution in [0.1, 0.15) is 11.3 Å². The number of nitrogen functional groups attached to an aromatic ring is 2. The van der Waals surface area contributed by atoms with E-state index in [-0.39, 0.29) is 0 Å². The second-order valence-electron chi connectivity index (χ2n) is 4.57. The summed E-state index contributed by atoms with van der Waals surface area (Å²) in [5.74, 6) is 0.428. The number of hydrogen-bond acceptors (Lipinski definition) is 3. The molecular formula is C13H15N5. The molecule has 5 nitrogen and oxygen atoms in total. The molecule has 92 valence electrons. The zero-order valence-electron chi connectivity index (χ0n) is 10.3. The van der Waals surface area contributed by atoms with Crippen LogP contribution >= 0.6 is 0 Å². The van der Waals surface area contributed by atoms with Gasteiger partial charge < -0.3 is 21.4 Å². The second-order valence-corrected chi connectivity index (χ2v) is 4.57. The minimum absolute atomic E-state index is 0.428. The van der Waals surface area contributed by atoms with E-state index < -0.39 is 0 Å². The van der Waals surface area contributed by atoms with Crippen LogP contribution in [-0.4, -0.2) is 15.0 Å². The average molecular weight is 241 g/mol. The van der Waals surface area contributed by atoms with Gasteiger partial charge in [0.25, 0.3) is 0 Å². The molecule has 0 fully saturated rings. The molecule has 0 bridgehead atoms. The quantitative estimate of drug-likeness (QED) is 0.492. The van der Waals surface area contributed by atoms with Crippen LogP contribution in [0.4, 0.5) is 11.6 Å². The minimum Gasteiger partial charge on any atom is -0.398 e. The van der Waals surface area contributed by atoms with Crippen LogP contribution in [0.2, 0.25) is 0 Å². The highest BCUT2D eigenvalue weighted by molar-refractivity contribution is 5.89. The molecule has 0 aliphatic rings. The maximum atomic E-state index is 5.91. The molecule has 0 atom stereocenters. The molecule has 3 aromatic rings. The molecule has 0 saturated carbocycles. The molecule has 6 N–H and O–H groups in total. The lowest BCUT2D eigenvalue weighted by atomic mass is 10.1. The number of imidazole rings is 1. The van der Waals surface area contributed by atoms with Gasteiger partial charge in [0.05, 0.1) is 5.69 Å². The van der Waals surface area contributed by atoms with Gasteiger partial charge in [-0.2, -0.15) is 0 Å². The topological polar surface area (TPSA) is 96.5 Å². The molecule has 2 aromatic heterocycles. The number of H-pyrrole nitrogens is 2. The van der Waals surface area contributed by atoms with Crippen LogP contribution in [-0.2, 0) is 0 Å². The Morgan fingerprint density at radius 3 is 2.50 bits per heavy atom. The van der Waals surface area contributed by atoms with Crippen molar-refractivity contribution in [2.24, 2.45) is 0 Å². The van der Waals surface area contributed by atoms with E-state index in [0.29, 0.717) is 5.95 Å². The van der Waals surface area contributed by atoms with E-state index in [4.69, 9.17) is 11.5 Å². The highest BCUT2D eigenvalue weighted by Crippen LogP contribution is 2.28. The standard InChI is InChI=1S/C13H15N5/c1-6-3-8-4-11(17-10(8)5-9(6)14)12-7(2)16-13(15)18-12/h3-5,17H,14H2,1-2H3,(H3,15,16,18). The zero-order valence-corrected chi connectivity index (χ0v) is 10.3. The predicted molar refractivity (Wildman–Crippen MR) is 74.2 cm³/mol. The molecule has 0 aliphatic heterocycles. The van der Waals surface area contributed by atoms with Crippen molar-refractivity contribution in [3.05, 3.63) is 29.5 Å². The smallest absolute Gasteiger partial charge is 0.198 e. The third-order valence-electron chi connectivity index (χ3n) is 3.17. The predicted octanol–water partition coefficient (Wildman–Crippen LogP) is 2.34. The maximum Gasteiger partial charge on any atom is 0.198 e. The summed E-state index contributed by atoms with van der Waals surface area (Å²) < 4.78 is 0. The second kappa shape index (κ2) is 3.53. The summed E-state index contributed by atoms with van der Waals surface area (Å²) >= 11 is 0. The van der Waals surface area contributed by atoms with E-state index in [2.05, 4.69) is 27.1 Å². The molecule has 0 radical (unpaired) electrons. The van der Waals surface area contributed by atoms with E-state index in [1.807, 2.05) is 19.9 Å². The van der Waals surface area contributed by atoms with Crippen LogP contribution in [0, 0.1) is 13.8 Å². The number of nitrogens with zero attached hydrogens (tertiary/aromatic N) is 1. The fourth-order valence-electron chi connectivity index (χ4n) is 2.18. The molecule has 0 unspecified atom stereocenters. The van der Waals surface area contributed by atoms with Crippen LogP contribution in [0.5, 0.6) is 0 Å². The van der Waals surface area contributed by atoms with Gasteiger partial charge in [-0.1, -0.05) is 0 Å². The molecule has 0 spiro atoms. The van der Waals surface area contributed by atoms with E-state index >= 15 is 0 Å². The van der Waals surface area contributed by atoms with E-state index in [0.717, 1.165) is 39.2 Å². The minimum atomic E-state index is 0.428. The summed E-state index contributed by atoms with van der Waals surface area (Å²) in [6.45, 7) is 3.95. The number of nitrogens with two attached hydrogens (primary N) is 2. The van der Waals surface area contributed by atoms with Crippen LogP contribution < -0.4 is 11.5 Å². The van der Waals surface area contributed by atoms with Gasteiger partial charge in [0.2, 0.25) is 0 Å². The van der Waals surface area contributed by atoms with Gasteiger partial charge in [0.15, 0.2) is 5.95 Å². The highest BCUT2D eigenvalue weighted by atomic mass is 15.0. The number of fused-ring (bicyclic) bond motifs is 1. The Balaban J connectivity index is 2.22. The third kappa shape index (κ3) is 1.52. The Morgan fingerprint density at radius 1 is 1.06 bits per heavy atom. The molecular weight excluding hydrogens is 226 g/mol. The van der Waals surface area contributed by atoms with Gasteiger partial charge in [0, 0.05) is 22.3 Å². The van der Waals surface area contributed by atoms with Crippen molar-refractivity contribution >= 4 is 22.5 Å². The lowest BCUT2D eigenvalue weighted by molar-refractivity contribution is 1.26. The first-order valence-corrected chi connectivity index (χ1v) is 5.76. The van der Waals surface area contributed by atoms with Gasteiger partial charge in [-0.3, -0.25) is 0 Å². The Labute approximate surface area is 104 Å². The largest absolute Gasteiger partial charge is 0.398 e. The molecule has 18 heavy (non-hydrogen) atoms. The molecule has 5 heteroatoms. The fourth-order valence-corrected chi connectivity index (χ4v) is 2.18. The van der Waals surface area contributed by atoms with Crippen LogP contribution in [0.3, 0.4) is 0 Å². The van der Waals surface area contributed by atoms with Crippen LogP contribution in [0.15, 0.2) is 18.2 Å². The maximum absolute atomic E-state index is 5.91. The molecule has 2 heterocycles. The van der Waals surface area contributed by atoms with Gasteiger partial charge >= 0.3 is 0 Å². The number of aromatic amines is 2. The Morgan fingerprint density at radius 2 is 1.83 bits per heavy atom. The molecule has 0 saturated heterocycles. The van der Waals surface area contributed by atoms with Crippen molar-refractivity contribution in [2.45, 2.75) is 13.8 Å². The first-order chi connectivity index (χ1) is 8.54. The van der Waals surface area contributed by atoms with Crippen molar-refractivity contribution in [2.75, 3.05) is 11.5 Å². The van der Waals surface area contributed by atoms with Gasteiger partial charge in [-0.25, -0.2) is 4.98 Å². The molecule has 3 rings (SSSR count). The lowest BCUT2D eigenvalue weighted by Crippen LogP contribution is -1.88. The van der Waals surface area contributed by atoms with E-state index in [1.54, 1.807) is 0 Å². The first kappa shape index (κ1) is 10.7. The molecule has 0 amide bonds. The number of anilines is 2. The summed E-state index contributed by atoms with van der Waals surface area (Å²) in [5, 5.41) is 1.12. The van der Waals surface area contributed by atoms with Gasteiger partial charge in [-0.05, 0) is 37.6 Å². The van der Waals surface area contributed by atoms with Gasteiger partial charge in [0.1, 0.15) is 5.69 Å². The fraction of sp³-hybridized carbons (Fsp3) is 0.154. The summed E-state index contributed by atoms with van der Waals surface area (Å²) in [7, 11) is 0. The van der Waals surface area contributed by atoms with Crippen molar-refractivity contribution in [3.8, 4) is 11.4 Å². The monoisotopic (exact) mass is 241 g/mol. The highest BCUT2D eigenvalue weighted by Gasteiger charge is 2.11. The van der Waals surface area contributed by atoms with Crippen molar-refractivity contribution in [3.63, 3.8) is 0 Å². The number of nitrogens with one attached hydrogen (secondary N) is 2. The number of rotatable bonds is 1. The number of aromatic nitrogens is 3. The number of aryl methyl sites for hydroxylation is 2. The van der Waals surface area contributed by atoms with E-state index in [1.165, 1.54) is 0 Å². The summed E-state index contributed by atoms with van der Waals surface area (Å²) in [5.41, 5.74) is 17.2. The Kier molecular flexibility index (Phi) is 2.10. The Bertz CT molecular complexity index is 696. The average Bonchev–Trinajstić information content (AvgIpc) is 2.82. The third-order valence-corrected chi connectivity index (χ3v) is 3.17. The van der Waals surface area contributed by atoms with E-state index in [9.17, 15) is 0 Å². The van der Waals surface area contributed by atoms with Crippen molar-refractivity contribution in [1.29, 1.82) is 0 Å². The summed E-state index contributed by atoms with van der Waals surface area (Å²) in [6.07, 6.45) is 0. The molecule has 0 aliphatic carbocycles. The van der Waals surface area contributed by atoms with Crippen LogP contribution in [0.25, 0.3) is 22.3 Å². The lowest BCUT2D eigenvalue weighted by Gasteiger charge is -1.98. The SMILES string of the molecule is Cc1cc2cc(-c3nc(N)[nH]c3C)[nH]c2cc1N. The normalized spacial score (nSPS) is 11.2. The molecule has 1 aromatic carbocycles.